The quantitative estimate of drug-likeness (QED) is 0.269. The molecule has 0 spiro atoms. The average molecular weight is 334 g/mol. The minimum atomic E-state index is -0.346. The molecule has 3 heteroatoms. The first-order valence-electron chi connectivity index (χ1n) is 4.72. The molecule has 0 aromatic heterocycles. The van der Waals surface area contributed by atoms with Gasteiger partial charge in [0.25, 0.3) is 0 Å². The van der Waals surface area contributed by atoms with E-state index in [0.717, 1.165) is 25.7 Å². The molecule has 0 saturated carbocycles. The summed E-state index contributed by atoms with van der Waals surface area (Å²) in [6.07, 6.45) is 16.8. The van der Waals surface area contributed by atoms with E-state index in [1.54, 1.807) is 0 Å². The van der Waals surface area contributed by atoms with Crippen LogP contribution in [0.3, 0.4) is 0 Å². The molecule has 0 aromatic rings. The predicted octanol–water partition coefficient (Wildman–Crippen LogP) is 5.26. The van der Waals surface area contributed by atoms with Crippen LogP contribution < -0.4 is 0 Å². The van der Waals surface area contributed by atoms with Gasteiger partial charge in [0.1, 0.15) is 0 Å². The molecular weight excluding hydrogens is 316 g/mol. The first-order valence-corrected chi connectivity index (χ1v) is 9.19. The molecule has 88 valence electrons. The Bertz CT molecular complexity index is 156. The van der Waals surface area contributed by atoms with Gasteiger partial charge in [0.05, 0.1) is 0 Å². The fourth-order valence-electron chi connectivity index (χ4n) is 0.856. The molecule has 0 amide bonds. The van der Waals surface area contributed by atoms with E-state index in [1.165, 1.54) is 0 Å². The Labute approximate surface area is 110 Å². The van der Waals surface area contributed by atoms with Gasteiger partial charge in [-0.25, -0.2) is 38.2 Å². The second kappa shape index (κ2) is 19.7. The molecule has 0 rings (SSSR count). The van der Waals surface area contributed by atoms with Crippen LogP contribution in [0.15, 0.2) is 36.5 Å². The summed E-state index contributed by atoms with van der Waals surface area (Å²) in [7, 11) is 9.71. The molecule has 0 bridgehead atoms. The number of hydrogen-bond donors (Lipinski definition) is 0. The first kappa shape index (κ1) is 17.6. The molecule has 0 radical (unpaired) electrons. The Hall–Kier alpha value is 0.163. The van der Waals surface area contributed by atoms with Crippen molar-refractivity contribution >= 4 is 19.4 Å². The normalized spacial score (nSPS) is 11.1. The second-order valence-corrected chi connectivity index (χ2v) is 5.26. The summed E-state index contributed by atoms with van der Waals surface area (Å²) in [5.74, 6) is 0. The number of hydrogen-bond acceptors (Lipinski definition) is 0. The van der Waals surface area contributed by atoms with Gasteiger partial charge >= 0.3 is 34.5 Å². The summed E-state index contributed by atoms with van der Waals surface area (Å²) < 4.78 is 0. The van der Waals surface area contributed by atoms with E-state index in [4.69, 9.17) is 19.4 Å². The molecular formula is C12H18Cl2Ru. The summed E-state index contributed by atoms with van der Waals surface area (Å²) in [5, 5.41) is 0. The Balaban J connectivity index is 0. The molecule has 0 saturated heterocycles. The van der Waals surface area contributed by atoms with Crippen molar-refractivity contribution in [2.45, 2.75) is 25.7 Å². The fourth-order valence-corrected chi connectivity index (χ4v) is 0.856. The zero-order valence-corrected chi connectivity index (χ0v) is 12.1. The number of rotatable bonds is 6. The van der Waals surface area contributed by atoms with E-state index in [0.29, 0.717) is 0 Å². The standard InChI is InChI=1S/C12H18.2ClH.Ru/c1-3-5-7-9-11-12-10-8-6-4-2;;;/h3-6,11-12H,1-2,7-10H2;2*1H;/q-2;;;+4/p-2/b5-3+,6-4+,12-11-;;;. The maximum absolute atomic E-state index is 4.85. The molecule has 0 nitrogen and oxygen atoms in total. The molecule has 0 N–H and O–H groups in total. The van der Waals surface area contributed by atoms with E-state index in [9.17, 15) is 0 Å². The molecule has 0 aromatic carbocycles. The van der Waals surface area contributed by atoms with Gasteiger partial charge in [0.15, 0.2) is 0 Å². The summed E-state index contributed by atoms with van der Waals surface area (Å²) in [5.41, 5.74) is 0. The van der Waals surface area contributed by atoms with Crippen LogP contribution in [0.5, 0.6) is 0 Å². The maximum atomic E-state index is 4.85. The van der Waals surface area contributed by atoms with E-state index >= 15 is 0 Å². The summed E-state index contributed by atoms with van der Waals surface area (Å²) in [6.45, 7) is 7.25. The zero-order chi connectivity index (χ0) is 11.8. The van der Waals surface area contributed by atoms with Crippen LogP contribution in [0.2, 0.25) is 0 Å². The molecule has 15 heavy (non-hydrogen) atoms. The van der Waals surface area contributed by atoms with E-state index in [-0.39, 0.29) is 15.1 Å². The van der Waals surface area contributed by atoms with Crippen molar-refractivity contribution in [3.05, 3.63) is 50.3 Å². The Morgan fingerprint density at radius 1 is 0.733 bits per heavy atom. The predicted molar refractivity (Wildman–Crippen MR) is 68.3 cm³/mol. The van der Waals surface area contributed by atoms with E-state index in [1.807, 2.05) is 12.2 Å². The van der Waals surface area contributed by atoms with Gasteiger partial charge in [-0.3, -0.25) is 0 Å². The van der Waals surface area contributed by atoms with Gasteiger partial charge in [-0.15, -0.1) is 0 Å². The van der Waals surface area contributed by atoms with Crippen molar-refractivity contribution in [1.82, 2.24) is 0 Å². The Morgan fingerprint density at radius 2 is 1.00 bits per heavy atom. The van der Waals surface area contributed by atoms with Crippen molar-refractivity contribution < 1.29 is 15.1 Å². The molecule has 0 atom stereocenters. The molecule has 0 aliphatic heterocycles. The SMILES string of the molecule is [CH2-]/C=C/CC/C=C\CC/C=C/[CH2-].[Cl][Ru+2][Cl]. The van der Waals surface area contributed by atoms with Crippen LogP contribution in [-0.4, -0.2) is 0 Å². The van der Waals surface area contributed by atoms with Crippen molar-refractivity contribution in [2.75, 3.05) is 0 Å². The summed E-state index contributed by atoms with van der Waals surface area (Å²) >= 11 is -0.346. The third-order valence-electron chi connectivity index (χ3n) is 1.50. The molecule has 0 aliphatic carbocycles. The van der Waals surface area contributed by atoms with Crippen molar-refractivity contribution in [2.24, 2.45) is 0 Å². The topological polar surface area (TPSA) is 0 Å². The van der Waals surface area contributed by atoms with Crippen LogP contribution in [0.4, 0.5) is 0 Å². The third kappa shape index (κ3) is 25.0. The van der Waals surface area contributed by atoms with Gasteiger partial charge in [-0.2, -0.15) is 0 Å². The van der Waals surface area contributed by atoms with Gasteiger partial charge in [0.2, 0.25) is 0 Å². The van der Waals surface area contributed by atoms with Crippen LogP contribution in [0.25, 0.3) is 0 Å². The first-order chi connectivity index (χ1) is 7.33. The molecule has 0 aliphatic rings. The molecule has 0 unspecified atom stereocenters. The van der Waals surface area contributed by atoms with Gasteiger partial charge < -0.3 is 0 Å². The van der Waals surface area contributed by atoms with Gasteiger partial charge in [-0.05, 0) is 12.8 Å². The Kier molecular flexibility index (Phi) is 23.0. The third-order valence-corrected chi connectivity index (χ3v) is 1.50. The van der Waals surface area contributed by atoms with Gasteiger partial charge in [-0.1, -0.05) is 25.0 Å². The van der Waals surface area contributed by atoms with Crippen LogP contribution in [0, 0.1) is 13.8 Å². The number of unbranched alkanes of at least 4 members (excludes halogenated alkanes) is 2. The summed E-state index contributed by atoms with van der Waals surface area (Å²) in [6, 6.07) is 0. The molecule has 0 heterocycles. The summed E-state index contributed by atoms with van der Waals surface area (Å²) in [4.78, 5) is 0. The number of halogens is 2. The van der Waals surface area contributed by atoms with Crippen LogP contribution in [-0.2, 0) is 15.1 Å². The van der Waals surface area contributed by atoms with Crippen LogP contribution >= 0.6 is 19.4 Å². The Morgan fingerprint density at radius 3 is 1.27 bits per heavy atom. The number of allylic oxidation sites excluding steroid dienone is 6. The van der Waals surface area contributed by atoms with Crippen molar-refractivity contribution in [3.8, 4) is 0 Å². The average Bonchev–Trinajstić information content (AvgIpc) is 2.23. The zero-order valence-electron chi connectivity index (χ0n) is 8.82. The monoisotopic (exact) mass is 334 g/mol. The van der Waals surface area contributed by atoms with E-state index in [2.05, 4.69) is 38.2 Å². The fraction of sp³-hybridized carbons (Fsp3) is 0.333. The van der Waals surface area contributed by atoms with Crippen LogP contribution in [0.1, 0.15) is 25.7 Å². The van der Waals surface area contributed by atoms with Crippen molar-refractivity contribution in [1.29, 1.82) is 0 Å². The van der Waals surface area contributed by atoms with Gasteiger partial charge in [0, 0.05) is 0 Å². The molecule has 0 fully saturated rings. The van der Waals surface area contributed by atoms with Crippen molar-refractivity contribution in [3.63, 3.8) is 0 Å². The minimum absolute atomic E-state index is 0.346. The van der Waals surface area contributed by atoms with E-state index < -0.39 is 0 Å². The second-order valence-electron chi connectivity index (χ2n) is 2.62.